The molecule has 0 saturated carbocycles. The molecule has 0 spiro atoms. The number of nitro groups is 1. The van der Waals surface area contributed by atoms with Crippen molar-refractivity contribution in [2.75, 3.05) is 12.9 Å². The first-order valence-corrected chi connectivity index (χ1v) is 7.71. The third-order valence-electron chi connectivity index (χ3n) is 2.64. The zero-order valence-electron chi connectivity index (χ0n) is 11.5. The highest BCUT2D eigenvalue weighted by molar-refractivity contribution is 7.91. The van der Waals surface area contributed by atoms with Gasteiger partial charge < -0.3 is 4.74 Å². The van der Waals surface area contributed by atoms with Gasteiger partial charge in [-0.15, -0.1) is 0 Å². The summed E-state index contributed by atoms with van der Waals surface area (Å²) >= 11 is 0. The average molecular weight is 342 g/mol. The lowest BCUT2D eigenvalue weighted by Gasteiger charge is -2.07. The fraction of sp³-hybridized carbons (Fsp3) is 0.545. The summed E-state index contributed by atoms with van der Waals surface area (Å²) in [6.45, 7) is 0. The van der Waals surface area contributed by atoms with Gasteiger partial charge in [0.05, 0.1) is 17.8 Å². The summed E-state index contributed by atoms with van der Waals surface area (Å²) in [5, 5.41) is 10.0. The van der Waals surface area contributed by atoms with Crippen LogP contribution in [0.4, 0.5) is 18.9 Å². The van der Waals surface area contributed by atoms with Crippen molar-refractivity contribution in [2.24, 2.45) is 0 Å². The minimum absolute atomic E-state index is 0.139. The minimum atomic E-state index is -4.37. The molecule has 0 atom stereocenters. The van der Waals surface area contributed by atoms with E-state index >= 15 is 0 Å². The molecule has 22 heavy (non-hydrogen) atoms. The standard InChI is InChI=1S/C11H13F3N2O5S/c1-21-9-5-4-8(16(17)18)10(15-9)22(19,20)7-3-2-6-11(12,13)14/h4-5H,2-3,6-7H2,1H3. The van der Waals surface area contributed by atoms with Gasteiger partial charge >= 0.3 is 11.9 Å². The van der Waals surface area contributed by atoms with Crippen LogP contribution in [0.2, 0.25) is 0 Å². The maximum absolute atomic E-state index is 12.0. The van der Waals surface area contributed by atoms with Crippen molar-refractivity contribution in [1.29, 1.82) is 0 Å². The van der Waals surface area contributed by atoms with E-state index in [1.807, 2.05) is 0 Å². The quantitative estimate of drug-likeness (QED) is 0.429. The number of sulfone groups is 1. The van der Waals surface area contributed by atoms with Crippen molar-refractivity contribution in [1.82, 2.24) is 4.98 Å². The molecule has 0 radical (unpaired) electrons. The number of rotatable bonds is 7. The monoisotopic (exact) mass is 342 g/mol. The minimum Gasteiger partial charge on any atom is -0.481 e. The van der Waals surface area contributed by atoms with E-state index in [2.05, 4.69) is 4.98 Å². The van der Waals surface area contributed by atoms with Gasteiger partial charge in [0.25, 0.3) is 0 Å². The Kier molecular flexibility index (Phi) is 5.69. The van der Waals surface area contributed by atoms with Crippen molar-refractivity contribution in [2.45, 2.75) is 30.5 Å². The number of unbranched alkanes of at least 4 members (excludes halogenated alkanes) is 1. The van der Waals surface area contributed by atoms with Crippen LogP contribution in [0.25, 0.3) is 0 Å². The van der Waals surface area contributed by atoms with E-state index < -0.39 is 43.8 Å². The summed E-state index contributed by atoms with van der Waals surface area (Å²) in [6.07, 6.45) is -6.15. The summed E-state index contributed by atoms with van der Waals surface area (Å²) in [5.74, 6) is -0.802. The van der Waals surface area contributed by atoms with Crippen LogP contribution in [0.3, 0.4) is 0 Å². The summed E-state index contributed by atoms with van der Waals surface area (Å²) in [5.41, 5.74) is -0.739. The first kappa shape index (κ1) is 18.1. The van der Waals surface area contributed by atoms with Gasteiger partial charge in [0.15, 0.2) is 0 Å². The fourth-order valence-electron chi connectivity index (χ4n) is 1.61. The van der Waals surface area contributed by atoms with Gasteiger partial charge in [-0.2, -0.15) is 18.2 Å². The lowest BCUT2D eigenvalue weighted by atomic mass is 10.2. The predicted octanol–water partition coefficient (Wildman–Crippen LogP) is 2.50. The van der Waals surface area contributed by atoms with Crippen molar-refractivity contribution in [3.63, 3.8) is 0 Å². The molecule has 0 unspecified atom stereocenters. The number of ether oxygens (including phenoxy) is 1. The lowest BCUT2D eigenvalue weighted by molar-refractivity contribution is -0.388. The van der Waals surface area contributed by atoms with Gasteiger partial charge in [0.1, 0.15) is 0 Å². The van der Waals surface area contributed by atoms with Gasteiger partial charge in [-0.25, -0.2) is 8.42 Å². The second-order valence-corrected chi connectivity index (χ2v) is 6.35. The molecular weight excluding hydrogens is 329 g/mol. The van der Waals surface area contributed by atoms with Gasteiger partial charge in [-0.05, 0) is 12.8 Å². The second-order valence-electron chi connectivity index (χ2n) is 4.33. The highest BCUT2D eigenvalue weighted by atomic mass is 32.2. The molecule has 0 aromatic carbocycles. The summed E-state index contributed by atoms with van der Waals surface area (Å²) in [4.78, 5) is 13.5. The van der Waals surface area contributed by atoms with Gasteiger partial charge in [-0.1, -0.05) is 0 Å². The highest BCUT2D eigenvalue weighted by Crippen LogP contribution is 2.27. The van der Waals surface area contributed by atoms with Crippen molar-refractivity contribution in [3.8, 4) is 5.88 Å². The van der Waals surface area contributed by atoms with E-state index in [9.17, 15) is 31.7 Å². The normalized spacial score (nSPS) is 12.2. The third kappa shape index (κ3) is 5.13. The Labute approximate surface area is 124 Å². The van der Waals surface area contributed by atoms with E-state index in [-0.39, 0.29) is 18.7 Å². The molecular formula is C11H13F3N2O5S. The second kappa shape index (κ2) is 6.90. The largest absolute Gasteiger partial charge is 0.481 e. The number of methoxy groups -OCH3 is 1. The van der Waals surface area contributed by atoms with E-state index in [0.717, 1.165) is 12.1 Å². The predicted molar refractivity (Wildman–Crippen MR) is 69.4 cm³/mol. The zero-order chi connectivity index (χ0) is 17.0. The molecule has 0 bridgehead atoms. The summed E-state index contributed by atoms with van der Waals surface area (Å²) in [6, 6.07) is 2.05. The molecule has 11 heteroatoms. The Morgan fingerprint density at radius 1 is 1.32 bits per heavy atom. The third-order valence-corrected chi connectivity index (χ3v) is 4.35. The molecule has 1 rings (SSSR count). The Balaban J connectivity index is 2.94. The molecule has 1 aromatic heterocycles. The number of aromatic nitrogens is 1. The van der Waals surface area contributed by atoms with Crippen LogP contribution < -0.4 is 4.74 Å². The molecule has 0 aliphatic heterocycles. The molecule has 0 fully saturated rings. The van der Waals surface area contributed by atoms with Crippen LogP contribution >= 0.6 is 0 Å². The Hall–Kier alpha value is -1.91. The number of nitrogens with zero attached hydrogens (tertiary/aromatic N) is 2. The van der Waals surface area contributed by atoms with Crippen molar-refractivity contribution < 1.29 is 31.2 Å². The van der Waals surface area contributed by atoms with Crippen LogP contribution in [-0.2, 0) is 9.84 Å². The van der Waals surface area contributed by atoms with Crippen LogP contribution in [0.1, 0.15) is 19.3 Å². The molecule has 1 aromatic rings. The molecule has 0 aliphatic rings. The van der Waals surface area contributed by atoms with Gasteiger partial charge in [-0.3, -0.25) is 10.1 Å². The topological polar surface area (TPSA) is 99.4 Å². The maximum Gasteiger partial charge on any atom is 0.389 e. The number of pyridine rings is 1. The van der Waals surface area contributed by atoms with E-state index in [1.54, 1.807) is 0 Å². The fourth-order valence-corrected chi connectivity index (χ4v) is 3.08. The van der Waals surface area contributed by atoms with Crippen molar-refractivity contribution in [3.05, 3.63) is 22.2 Å². The van der Waals surface area contributed by atoms with Crippen LogP contribution in [-0.4, -0.2) is 37.4 Å². The first-order chi connectivity index (χ1) is 10.1. The Morgan fingerprint density at radius 3 is 2.45 bits per heavy atom. The first-order valence-electron chi connectivity index (χ1n) is 6.06. The maximum atomic E-state index is 12.0. The number of hydrogen-bond donors (Lipinski definition) is 0. The number of halogens is 3. The number of alkyl halides is 3. The Bertz CT molecular complexity index is 646. The molecule has 1 heterocycles. The van der Waals surface area contributed by atoms with E-state index in [0.29, 0.717) is 0 Å². The van der Waals surface area contributed by atoms with Crippen LogP contribution in [0.5, 0.6) is 5.88 Å². The van der Waals surface area contributed by atoms with Crippen molar-refractivity contribution >= 4 is 15.5 Å². The molecule has 0 N–H and O–H groups in total. The SMILES string of the molecule is COc1ccc([N+](=O)[O-])c(S(=O)(=O)CCCCC(F)(F)F)n1. The average Bonchev–Trinajstić information content (AvgIpc) is 2.42. The summed E-state index contributed by atoms with van der Waals surface area (Å²) in [7, 11) is -2.98. The highest BCUT2D eigenvalue weighted by Gasteiger charge is 2.30. The molecule has 124 valence electrons. The molecule has 7 nitrogen and oxygen atoms in total. The molecule has 0 aliphatic carbocycles. The van der Waals surface area contributed by atoms with E-state index in [1.165, 1.54) is 7.11 Å². The zero-order valence-corrected chi connectivity index (χ0v) is 12.3. The Morgan fingerprint density at radius 2 is 1.95 bits per heavy atom. The summed E-state index contributed by atoms with van der Waals surface area (Å²) < 4.78 is 64.8. The lowest BCUT2D eigenvalue weighted by Crippen LogP contribution is -2.13. The smallest absolute Gasteiger partial charge is 0.389 e. The number of hydrogen-bond acceptors (Lipinski definition) is 6. The van der Waals surface area contributed by atoms with Gasteiger partial charge in [0, 0.05) is 18.6 Å². The van der Waals surface area contributed by atoms with Crippen LogP contribution in [0, 0.1) is 10.1 Å². The molecule has 0 amide bonds. The van der Waals surface area contributed by atoms with E-state index in [4.69, 9.17) is 4.74 Å². The van der Waals surface area contributed by atoms with Gasteiger partial charge in [0.2, 0.25) is 20.7 Å². The van der Waals surface area contributed by atoms with Crippen LogP contribution in [0.15, 0.2) is 17.2 Å². The molecule has 0 saturated heterocycles.